The fourth-order valence-electron chi connectivity index (χ4n) is 0. The molecular weight excluding hydrogens is 179 g/mol. The van der Waals surface area contributed by atoms with Crippen LogP contribution in [0.2, 0.25) is 0 Å². The molecule has 0 aromatic heterocycles. The van der Waals surface area contributed by atoms with E-state index in [0.717, 1.165) is 0 Å². The summed E-state index contributed by atoms with van der Waals surface area (Å²) >= 11 is 0.408. The minimum absolute atomic E-state index is 0.135. The van der Waals surface area contributed by atoms with Gasteiger partial charge in [0.05, 0.1) is 0 Å². The van der Waals surface area contributed by atoms with Crippen LogP contribution in [0, 0.1) is 0 Å². The molecule has 0 fully saturated rings. The van der Waals surface area contributed by atoms with Crippen molar-refractivity contribution in [3.8, 4) is 0 Å². The molecule has 6 heavy (non-hydrogen) atoms. The Balaban J connectivity index is 3.17. The Morgan fingerprint density at radius 1 is 1.33 bits per heavy atom. The molecule has 0 N–H and O–H groups in total. The van der Waals surface area contributed by atoms with E-state index in [9.17, 15) is 0 Å². The molecule has 0 aliphatic rings. The summed E-state index contributed by atoms with van der Waals surface area (Å²) in [4.78, 5) is 0. The molecule has 0 spiro atoms. The molecule has 0 radical (unpaired) electrons. The summed E-state index contributed by atoms with van der Waals surface area (Å²) in [6.07, 6.45) is 0. The quantitative estimate of drug-likeness (QED) is 0.535. The number of hydrogen-bond donors (Lipinski definition) is 0. The predicted octanol–water partition coefficient (Wildman–Crippen LogP) is 0.350. The third-order valence-corrected chi connectivity index (χ3v) is 4.11. The van der Waals surface area contributed by atoms with Crippen molar-refractivity contribution in [2.24, 2.45) is 0 Å². The fourth-order valence-corrected chi connectivity index (χ4v) is 0. The molecular formula is C4H11InO. The summed E-state index contributed by atoms with van der Waals surface area (Å²) in [5.74, 6) is 0. The van der Waals surface area contributed by atoms with Crippen molar-refractivity contribution < 1.29 is 2.85 Å². The monoisotopic (exact) mass is 190 g/mol. The van der Waals surface area contributed by atoms with Crippen LogP contribution < -0.4 is 0 Å². The Bertz CT molecular complexity index is 37.3. The van der Waals surface area contributed by atoms with Crippen LogP contribution in [-0.4, -0.2) is 30.4 Å². The summed E-state index contributed by atoms with van der Waals surface area (Å²) in [6, 6.07) is 0. The zero-order chi connectivity index (χ0) is 5.21. The molecule has 0 aromatic rings. The van der Waals surface area contributed by atoms with Crippen LogP contribution in [0.3, 0.4) is 0 Å². The van der Waals surface area contributed by atoms with Crippen LogP contribution in [0.15, 0.2) is 0 Å². The summed E-state index contributed by atoms with van der Waals surface area (Å²) < 4.78 is 5.15. The molecule has 0 unspecified atom stereocenters. The van der Waals surface area contributed by atoms with Gasteiger partial charge in [0.25, 0.3) is 0 Å². The van der Waals surface area contributed by atoms with E-state index in [1.54, 1.807) is 0 Å². The molecule has 0 aliphatic heterocycles. The maximum absolute atomic E-state index is 5.15. The molecule has 2 heteroatoms. The topological polar surface area (TPSA) is 9.23 Å². The molecule has 0 aliphatic carbocycles. The molecule has 0 aromatic carbocycles. The van der Waals surface area contributed by atoms with E-state index in [0.29, 0.717) is 24.8 Å². The third-order valence-electron chi connectivity index (χ3n) is 0.612. The second-order valence-electron chi connectivity index (χ2n) is 2.32. The van der Waals surface area contributed by atoms with E-state index in [1.807, 2.05) is 0 Å². The molecule has 0 atom stereocenters. The molecule has 0 saturated carbocycles. The van der Waals surface area contributed by atoms with Crippen molar-refractivity contribution in [3.05, 3.63) is 0 Å². The van der Waals surface area contributed by atoms with Gasteiger partial charge in [-0.1, -0.05) is 0 Å². The minimum atomic E-state index is 0.135. The van der Waals surface area contributed by atoms with Crippen LogP contribution in [0.1, 0.15) is 20.8 Å². The van der Waals surface area contributed by atoms with Gasteiger partial charge in [0.2, 0.25) is 0 Å². The molecule has 0 heterocycles. The van der Waals surface area contributed by atoms with Crippen LogP contribution in [0.25, 0.3) is 0 Å². The average Bonchev–Trinajstić information content (AvgIpc) is 1.35. The van der Waals surface area contributed by atoms with Crippen LogP contribution in [-0.2, 0) is 2.85 Å². The van der Waals surface area contributed by atoms with Crippen molar-refractivity contribution in [2.75, 3.05) is 0 Å². The van der Waals surface area contributed by atoms with Gasteiger partial charge in [-0.2, -0.15) is 0 Å². The van der Waals surface area contributed by atoms with E-state index < -0.39 is 0 Å². The molecule has 36 valence electrons. The Morgan fingerprint density at radius 2 is 1.50 bits per heavy atom. The van der Waals surface area contributed by atoms with Gasteiger partial charge in [0, 0.05) is 0 Å². The van der Waals surface area contributed by atoms with E-state index in [2.05, 4.69) is 20.8 Å². The third kappa shape index (κ3) is 4.83. The fraction of sp³-hybridized carbons (Fsp3) is 1.00. The Morgan fingerprint density at radius 3 is 1.50 bits per heavy atom. The second kappa shape index (κ2) is 2.22. The van der Waals surface area contributed by atoms with E-state index in [-0.39, 0.29) is 5.60 Å². The Hall–Kier alpha value is 0.830. The van der Waals surface area contributed by atoms with E-state index in [4.69, 9.17) is 2.85 Å². The van der Waals surface area contributed by atoms with Gasteiger partial charge in [0.1, 0.15) is 0 Å². The van der Waals surface area contributed by atoms with Crippen LogP contribution >= 0.6 is 0 Å². The van der Waals surface area contributed by atoms with Crippen molar-refractivity contribution >= 4 is 24.8 Å². The SMILES string of the molecule is CC(C)(C)[O][InH2]. The standard InChI is InChI=1S/C4H9O.In.2H/c1-4(2,3)5;;;/h1-3H3;;;/q-1;+1;;. The summed E-state index contributed by atoms with van der Waals surface area (Å²) in [6.45, 7) is 6.22. The zero-order valence-electron chi connectivity index (χ0n) is 4.91. The van der Waals surface area contributed by atoms with Gasteiger partial charge in [-0.3, -0.25) is 0 Å². The van der Waals surface area contributed by atoms with Gasteiger partial charge in [-0.25, -0.2) is 0 Å². The molecule has 0 saturated heterocycles. The Labute approximate surface area is 54.3 Å². The normalized spacial score (nSPS) is 11.8. The van der Waals surface area contributed by atoms with Crippen molar-refractivity contribution in [1.82, 2.24) is 0 Å². The second-order valence-corrected chi connectivity index (χ2v) is 3.48. The van der Waals surface area contributed by atoms with Gasteiger partial charge in [-0.15, -0.1) is 0 Å². The molecule has 0 rings (SSSR count). The van der Waals surface area contributed by atoms with Crippen molar-refractivity contribution in [3.63, 3.8) is 0 Å². The van der Waals surface area contributed by atoms with Crippen LogP contribution in [0.5, 0.6) is 0 Å². The number of rotatable bonds is 0. The maximum atomic E-state index is 5.15. The van der Waals surface area contributed by atoms with E-state index >= 15 is 0 Å². The van der Waals surface area contributed by atoms with Gasteiger partial charge in [-0.05, 0) is 0 Å². The summed E-state index contributed by atoms with van der Waals surface area (Å²) in [7, 11) is 0. The zero-order valence-corrected chi connectivity index (χ0v) is 10.6. The average molecular weight is 190 g/mol. The first kappa shape index (κ1) is 6.83. The van der Waals surface area contributed by atoms with Gasteiger partial charge < -0.3 is 0 Å². The van der Waals surface area contributed by atoms with Gasteiger partial charge >= 0.3 is 54.0 Å². The summed E-state index contributed by atoms with van der Waals surface area (Å²) in [5, 5.41) is 0. The van der Waals surface area contributed by atoms with Gasteiger partial charge in [0.15, 0.2) is 0 Å². The molecule has 0 amide bonds. The first-order valence-corrected chi connectivity index (χ1v) is 4.44. The van der Waals surface area contributed by atoms with Crippen molar-refractivity contribution in [2.45, 2.75) is 26.4 Å². The first-order chi connectivity index (χ1) is 2.56. The molecule has 0 bridgehead atoms. The van der Waals surface area contributed by atoms with Crippen molar-refractivity contribution in [1.29, 1.82) is 0 Å². The summed E-state index contributed by atoms with van der Waals surface area (Å²) in [5.41, 5.74) is 0.135. The number of hydrogen-bond acceptors (Lipinski definition) is 1. The Kier molecular flexibility index (Phi) is 2.53. The van der Waals surface area contributed by atoms with E-state index in [1.165, 1.54) is 0 Å². The predicted molar refractivity (Wildman–Crippen MR) is 29.4 cm³/mol. The van der Waals surface area contributed by atoms with Crippen LogP contribution in [0.4, 0.5) is 0 Å². The first-order valence-electron chi connectivity index (χ1n) is 2.11. The molecule has 1 nitrogen and oxygen atoms in total.